The minimum absolute atomic E-state index is 0.105. The molecule has 7 nitrogen and oxygen atoms in total. The highest BCUT2D eigenvalue weighted by molar-refractivity contribution is 6.35. The fourth-order valence-electron chi connectivity index (χ4n) is 1.23. The minimum atomic E-state index is -1.33. The van der Waals surface area contributed by atoms with E-state index in [4.69, 9.17) is 16.7 Å². The summed E-state index contributed by atoms with van der Waals surface area (Å²) in [5.74, 6) is -1.85. The number of aromatic carboxylic acids is 1. The van der Waals surface area contributed by atoms with Crippen LogP contribution in [-0.4, -0.2) is 25.8 Å². The van der Waals surface area contributed by atoms with Crippen molar-refractivity contribution in [1.29, 1.82) is 0 Å². The quantitative estimate of drug-likeness (QED) is 0.646. The molecular formula is C8H10ClN3O4. The zero-order valence-electron chi connectivity index (χ0n) is 8.68. The monoisotopic (exact) mass is 247 g/mol. The van der Waals surface area contributed by atoms with Gasteiger partial charge in [-0.05, 0) is 10.8 Å². The van der Waals surface area contributed by atoms with Crippen molar-refractivity contribution in [3.8, 4) is 0 Å². The smallest absolute Gasteiger partial charge is 0.409 e. The Bertz CT molecular complexity index is 441. The topological polar surface area (TPSA) is 98.3 Å². The van der Waals surface area contributed by atoms with E-state index in [0.29, 0.717) is 0 Å². The molecule has 1 rings (SSSR count). The van der Waals surface area contributed by atoms with E-state index < -0.39 is 21.7 Å². The van der Waals surface area contributed by atoms with Crippen LogP contribution in [0.3, 0.4) is 0 Å². The highest BCUT2D eigenvalue weighted by Crippen LogP contribution is 2.27. The summed E-state index contributed by atoms with van der Waals surface area (Å²) in [6.07, 6.45) is 0. The van der Waals surface area contributed by atoms with Crippen LogP contribution < -0.4 is 0 Å². The number of hydrogen-bond donors (Lipinski definition) is 1. The maximum atomic E-state index is 10.9. The van der Waals surface area contributed by atoms with Gasteiger partial charge in [0.05, 0.1) is 11.6 Å². The van der Waals surface area contributed by atoms with E-state index in [2.05, 4.69) is 5.10 Å². The van der Waals surface area contributed by atoms with Gasteiger partial charge in [0, 0.05) is 0 Å². The third kappa shape index (κ3) is 2.30. The summed E-state index contributed by atoms with van der Waals surface area (Å²) < 4.78 is 1.05. The van der Waals surface area contributed by atoms with Crippen molar-refractivity contribution in [2.24, 2.45) is 5.92 Å². The van der Waals surface area contributed by atoms with Crippen molar-refractivity contribution < 1.29 is 14.8 Å². The standard InChI is InChI=1S/C8H10ClN3O4/c1-4(2)3-11-6(8(13)14)5(9)7(10-11)12(15)16/h4H,3H2,1-2H3,(H,13,14). The molecule has 0 aromatic carbocycles. The second kappa shape index (κ2) is 4.48. The van der Waals surface area contributed by atoms with Crippen LogP contribution in [0.5, 0.6) is 0 Å². The second-order valence-electron chi connectivity index (χ2n) is 3.62. The summed E-state index contributed by atoms with van der Waals surface area (Å²) in [7, 11) is 0. The van der Waals surface area contributed by atoms with Crippen molar-refractivity contribution in [3.05, 3.63) is 20.8 Å². The number of halogens is 1. The molecule has 0 aliphatic heterocycles. The first-order valence-corrected chi connectivity index (χ1v) is 4.86. The molecule has 0 radical (unpaired) electrons. The van der Waals surface area contributed by atoms with Gasteiger partial charge in [0.15, 0.2) is 10.7 Å². The van der Waals surface area contributed by atoms with E-state index in [0.717, 1.165) is 4.68 Å². The molecule has 8 heteroatoms. The Kier molecular flexibility index (Phi) is 3.48. The van der Waals surface area contributed by atoms with Gasteiger partial charge in [-0.1, -0.05) is 25.4 Å². The molecule has 16 heavy (non-hydrogen) atoms. The summed E-state index contributed by atoms with van der Waals surface area (Å²) in [4.78, 5) is 20.6. The molecule has 0 fully saturated rings. The van der Waals surface area contributed by atoms with Gasteiger partial charge < -0.3 is 15.2 Å². The van der Waals surface area contributed by atoms with E-state index in [1.54, 1.807) is 0 Å². The van der Waals surface area contributed by atoms with E-state index in [1.807, 2.05) is 13.8 Å². The second-order valence-corrected chi connectivity index (χ2v) is 4.00. The van der Waals surface area contributed by atoms with Gasteiger partial charge in [0.2, 0.25) is 0 Å². The molecule has 1 aromatic heterocycles. The molecule has 0 saturated carbocycles. The Balaban J connectivity index is 3.31. The van der Waals surface area contributed by atoms with Gasteiger partial charge in [0.1, 0.15) is 0 Å². The first-order valence-electron chi connectivity index (χ1n) is 4.48. The Labute approximate surface area is 95.8 Å². The molecule has 0 saturated heterocycles. The van der Waals surface area contributed by atoms with Crippen molar-refractivity contribution in [2.45, 2.75) is 20.4 Å². The van der Waals surface area contributed by atoms with Crippen molar-refractivity contribution in [1.82, 2.24) is 9.78 Å². The maximum Gasteiger partial charge on any atom is 0.409 e. The largest absolute Gasteiger partial charge is 0.476 e. The predicted molar refractivity (Wildman–Crippen MR) is 55.7 cm³/mol. The highest BCUT2D eigenvalue weighted by atomic mass is 35.5. The zero-order valence-corrected chi connectivity index (χ0v) is 9.43. The highest BCUT2D eigenvalue weighted by Gasteiger charge is 2.30. The molecule has 0 aliphatic rings. The number of rotatable bonds is 4. The predicted octanol–water partition coefficient (Wildman–Crippen LogP) is 1.80. The number of carbonyl (C=O) groups is 1. The molecule has 1 aromatic rings. The Hall–Kier alpha value is -1.63. The summed E-state index contributed by atoms with van der Waals surface area (Å²) in [5.41, 5.74) is -0.345. The lowest BCUT2D eigenvalue weighted by Gasteiger charge is -2.02. The van der Waals surface area contributed by atoms with Crippen LogP contribution in [-0.2, 0) is 6.54 Å². The average molecular weight is 248 g/mol. The fourth-order valence-corrected chi connectivity index (χ4v) is 1.51. The van der Waals surface area contributed by atoms with Crippen LogP contribution in [0, 0.1) is 16.0 Å². The lowest BCUT2D eigenvalue weighted by atomic mass is 10.2. The van der Waals surface area contributed by atoms with Crippen molar-refractivity contribution in [2.75, 3.05) is 0 Å². The van der Waals surface area contributed by atoms with Crippen molar-refractivity contribution >= 4 is 23.4 Å². The van der Waals surface area contributed by atoms with Gasteiger partial charge in [-0.25, -0.2) is 4.79 Å². The molecule has 0 amide bonds. The van der Waals surface area contributed by atoms with Crippen LogP contribution in [0.1, 0.15) is 24.3 Å². The summed E-state index contributed by atoms with van der Waals surface area (Å²) in [6, 6.07) is 0. The van der Waals surface area contributed by atoms with E-state index in [9.17, 15) is 14.9 Å². The molecule has 88 valence electrons. The lowest BCUT2D eigenvalue weighted by molar-refractivity contribution is -0.389. The maximum absolute atomic E-state index is 10.9. The molecular weight excluding hydrogens is 238 g/mol. The molecule has 0 aliphatic carbocycles. The summed E-state index contributed by atoms with van der Waals surface area (Å²) >= 11 is 5.60. The van der Waals surface area contributed by atoms with E-state index >= 15 is 0 Å². The van der Waals surface area contributed by atoms with Crippen LogP contribution in [0.15, 0.2) is 0 Å². The van der Waals surface area contributed by atoms with E-state index in [1.165, 1.54) is 0 Å². The lowest BCUT2D eigenvalue weighted by Crippen LogP contribution is -2.13. The van der Waals surface area contributed by atoms with Gasteiger partial charge in [0.25, 0.3) is 0 Å². The number of carboxylic acids is 1. The first kappa shape index (κ1) is 12.4. The Morgan fingerprint density at radius 2 is 2.25 bits per heavy atom. The molecule has 1 heterocycles. The number of nitrogens with zero attached hydrogens (tertiary/aromatic N) is 3. The third-order valence-electron chi connectivity index (χ3n) is 1.79. The van der Waals surface area contributed by atoms with Crippen LogP contribution >= 0.6 is 11.6 Å². The van der Waals surface area contributed by atoms with Gasteiger partial charge >= 0.3 is 11.8 Å². The molecule has 1 N–H and O–H groups in total. The zero-order chi connectivity index (χ0) is 12.5. The molecule has 0 spiro atoms. The average Bonchev–Trinajstić information content (AvgIpc) is 2.41. The van der Waals surface area contributed by atoms with Gasteiger partial charge in [-0.15, -0.1) is 0 Å². The SMILES string of the molecule is CC(C)Cn1nc([N+](=O)[O-])c(Cl)c1C(=O)O. The Morgan fingerprint density at radius 1 is 1.69 bits per heavy atom. The number of carboxylic acid groups (broad SMARTS) is 1. The number of aromatic nitrogens is 2. The van der Waals surface area contributed by atoms with E-state index in [-0.39, 0.29) is 18.2 Å². The summed E-state index contributed by atoms with van der Waals surface area (Å²) in [5, 5.41) is 22.6. The third-order valence-corrected chi connectivity index (χ3v) is 2.14. The number of hydrogen-bond acceptors (Lipinski definition) is 4. The molecule has 0 bridgehead atoms. The van der Waals surface area contributed by atoms with Crippen LogP contribution in [0.4, 0.5) is 5.82 Å². The first-order chi connectivity index (χ1) is 7.34. The Morgan fingerprint density at radius 3 is 2.62 bits per heavy atom. The number of nitro groups is 1. The minimum Gasteiger partial charge on any atom is -0.476 e. The van der Waals surface area contributed by atoms with Gasteiger partial charge in [-0.2, -0.15) is 4.68 Å². The van der Waals surface area contributed by atoms with Crippen molar-refractivity contribution in [3.63, 3.8) is 0 Å². The summed E-state index contributed by atoms with van der Waals surface area (Å²) in [6.45, 7) is 3.94. The fraction of sp³-hybridized carbons (Fsp3) is 0.500. The normalized spacial score (nSPS) is 10.8. The molecule has 0 atom stereocenters. The van der Waals surface area contributed by atoms with Crippen LogP contribution in [0.2, 0.25) is 5.02 Å². The van der Waals surface area contributed by atoms with Gasteiger partial charge in [-0.3, -0.25) is 0 Å². The van der Waals surface area contributed by atoms with Crippen LogP contribution in [0.25, 0.3) is 0 Å². The molecule has 0 unspecified atom stereocenters.